The van der Waals surface area contributed by atoms with Gasteiger partial charge in [0.15, 0.2) is 5.96 Å². The van der Waals surface area contributed by atoms with E-state index in [9.17, 15) is 0 Å². The van der Waals surface area contributed by atoms with E-state index in [0.29, 0.717) is 0 Å². The van der Waals surface area contributed by atoms with Crippen LogP contribution in [-0.2, 0) is 0 Å². The van der Waals surface area contributed by atoms with Crippen molar-refractivity contribution in [3.63, 3.8) is 0 Å². The average molecular weight is 282 g/mol. The number of guanidine groups is 1. The summed E-state index contributed by atoms with van der Waals surface area (Å²) in [6, 6.07) is 0. The molecular weight excluding hydrogens is 248 g/mol. The van der Waals surface area contributed by atoms with Crippen LogP contribution in [-0.4, -0.2) is 62.6 Å². The van der Waals surface area contributed by atoms with E-state index in [2.05, 4.69) is 49.6 Å². The van der Waals surface area contributed by atoms with Crippen LogP contribution < -0.4 is 5.32 Å². The van der Waals surface area contributed by atoms with Gasteiger partial charge in [0.25, 0.3) is 0 Å². The van der Waals surface area contributed by atoms with E-state index in [1.54, 1.807) is 0 Å². The van der Waals surface area contributed by atoms with Gasteiger partial charge in [0.05, 0.1) is 6.54 Å². The molecule has 0 aliphatic rings. The fraction of sp³-hybridized carbons (Fsp3) is 0.812. The van der Waals surface area contributed by atoms with Crippen LogP contribution in [0.25, 0.3) is 0 Å². The molecule has 0 saturated heterocycles. The van der Waals surface area contributed by atoms with E-state index in [1.807, 2.05) is 6.08 Å². The minimum Gasteiger partial charge on any atom is -0.357 e. The topological polar surface area (TPSA) is 30.9 Å². The lowest BCUT2D eigenvalue weighted by Crippen LogP contribution is -2.40. The number of nitrogens with zero attached hydrogens (tertiary/aromatic N) is 3. The normalized spacial score (nSPS) is 11.8. The maximum absolute atomic E-state index is 4.69. The Balaban J connectivity index is 4.06. The lowest BCUT2D eigenvalue weighted by atomic mass is 10.2. The first kappa shape index (κ1) is 19.0. The third-order valence-electron chi connectivity index (χ3n) is 3.38. The summed E-state index contributed by atoms with van der Waals surface area (Å²) >= 11 is 0. The molecule has 0 aliphatic heterocycles. The summed E-state index contributed by atoms with van der Waals surface area (Å²) in [5.74, 6) is 1.03. The van der Waals surface area contributed by atoms with Gasteiger partial charge in [0, 0.05) is 26.7 Å². The number of aliphatic imine (C=N–C) groups is 1. The van der Waals surface area contributed by atoms with Crippen LogP contribution in [0.4, 0.5) is 0 Å². The Morgan fingerprint density at radius 2 is 1.90 bits per heavy atom. The Bertz CT molecular complexity index is 263. The molecule has 20 heavy (non-hydrogen) atoms. The van der Waals surface area contributed by atoms with Gasteiger partial charge >= 0.3 is 0 Å². The Kier molecular flexibility index (Phi) is 12.3. The standard InChI is InChI=1S/C16H34N4/c1-6-9-10-11-12-14-20(5)16(17-7-2)18-13-15-19(4)8-3/h6H,1,7-15H2,2-5H3,(H,17,18). The van der Waals surface area contributed by atoms with Gasteiger partial charge in [0.2, 0.25) is 0 Å². The molecule has 4 nitrogen and oxygen atoms in total. The van der Waals surface area contributed by atoms with E-state index in [0.717, 1.165) is 45.1 Å². The van der Waals surface area contributed by atoms with Gasteiger partial charge in [-0.2, -0.15) is 0 Å². The maximum Gasteiger partial charge on any atom is 0.193 e. The van der Waals surface area contributed by atoms with Crippen molar-refractivity contribution in [2.45, 2.75) is 39.5 Å². The smallest absolute Gasteiger partial charge is 0.193 e. The van der Waals surface area contributed by atoms with Crippen molar-refractivity contribution in [3.05, 3.63) is 12.7 Å². The number of hydrogen-bond acceptors (Lipinski definition) is 2. The Labute approximate surface area is 125 Å². The molecular formula is C16H34N4. The van der Waals surface area contributed by atoms with Crippen molar-refractivity contribution in [2.75, 3.05) is 46.8 Å². The molecule has 118 valence electrons. The summed E-state index contributed by atoms with van der Waals surface area (Å²) in [5.41, 5.74) is 0. The molecule has 4 heteroatoms. The summed E-state index contributed by atoms with van der Waals surface area (Å²) in [5, 5.41) is 3.37. The highest BCUT2D eigenvalue weighted by Gasteiger charge is 2.04. The lowest BCUT2D eigenvalue weighted by Gasteiger charge is -2.22. The third-order valence-corrected chi connectivity index (χ3v) is 3.38. The van der Waals surface area contributed by atoms with Gasteiger partial charge in [-0.1, -0.05) is 19.4 Å². The number of hydrogen-bond donors (Lipinski definition) is 1. The van der Waals surface area contributed by atoms with Crippen LogP contribution in [0.2, 0.25) is 0 Å². The second kappa shape index (κ2) is 13.0. The first-order chi connectivity index (χ1) is 9.65. The zero-order valence-corrected chi connectivity index (χ0v) is 14.0. The molecule has 0 fully saturated rings. The third kappa shape index (κ3) is 9.84. The summed E-state index contributed by atoms with van der Waals surface area (Å²) < 4.78 is 0. The molecule has 0 bridgehead atoms. The van der Waals surface area contributed by atoms with Gasteiger partial charge < -0.3 is 15.1 Å². The first-order valence-corrected chi connectivity index (χ1v) is 7.94. The van der Waals surface area contributed by atoms with Crippen molar-refractivity contribution in [1.82, 2.24) is 15.1 Å². The van der Waals surface area contributed by atoms with Gasteiger partial charge in [-0.3, -0.25) is 4.99 Å². The van der Waals surface area contributed by atoms with Crippen molar-refractivity contribution < 1.29 is 0 Å². The van der Waals surface area contributed by atoms with E-state index >= 15 is 0 Å². The second-order valence-corrected chi connectivity index (χ2v) is 5.19. The van der Waals surface area contributed by atoms with Gasteiger partial charge in [-0.15, -0.1) is 6.58 Å². The highest BCUT2D eigenvalue weighted by Crippen LogP contribution is 2.01. The minimum absolute atomic E-state index is 0.855. The largest absolute Gasteiger partial charge is 0.357 e. The van der Waals surface area contributed by atoms with Gasteiger partial charge in [-0.05, 0) is 39.8 Å². The van der Waals surface area contributed by atoms with Crippen molar-refractivity contribution >= 4 is 5.96 Å². The monoisotopic (exact) mass is 282 g/mol. The van der Waals surface area contributed by atoms with E-state index in [4.69, 9.17) is 4.99 Å². The molecule has 0 atom stereocenters. The number of nitrogens with one attached hydrogen (secondary N) is 1. The van der Waals surface area contributed by atoms with Crippen molar-refractivity contribution in [2.24, 2.45) is 4.99 Å². The van der Waals surface area contributed by atoms with Gasteiger partial charge in [-0.25, -0.2) is 0 Å². The predicted octanol–water partition coefficient (Wildman–Crippen LogP) is 2.58. The first-order valence-electron chi connectivity index (χ1n) is 7.94. The lowest BCUT2D eigenvalue weighted by molar-refractivity contribution is 0.361. The molecule has 0 rings (SSSR count). The highest BCUT2D eigenvalue weighted by atomic mass is 15.3. The van der Waals surface area contributed by atoms with Crippen LogP contribution in [0.15, 0.2) is 17.6 Å². The molecule has 0 aromatic heterocycles. The molecule has 0 heterocycles. The highest BCUT2D eigenvalue weighted by molar-refractivity contribution is 5.79. The van der Waals surface area contributed by atoms with E-state index in [-0.39, 0.29) is 0 Å². The molecule has 0 saturated carbocycles. The molecule has 0 aliphatic carbocycles. The minimum atomic E-state index is 0.855. The SMILES string of the molecule is C=CCCCCCN(C)C(=NCCN(C)CC)NCC. The number of unbranched alkanes of at least 4 members (excludes halogenated alkanes) is 3. The summed E-state index contributed by atoms with van der Waals surface area (Å²) in [6.07, 6.45) is 6.84. The molecule has 0 amide bonds. The summed E-state index contributed by atoms with van der Waals surface area (Å²) in [6.45, 7) is 13.0. The zero-order valence-electron chi connectivity index (χ0n) is 14.0. The van der Waals surface area contributed by atoms with E-state index in [1.165, 1.54) is 19.3 Å². The molecule has 0 unspecified atom stereocenters. The van der Waals surface area contributed by atoms with Crippen LogP contribution >= 0.6 is 0 Å². The molecule has 0 aromatic rings. The fourth-order valence-corrected chi connectivity index (χ4v) is 1.87. The van der Waals surface area contributed by atoms with Crippen LogP contribution in [0.5, 0.6) is 0 Å². The maximum atomic E-state index is 4.69. The van der Waals surface area contributed by atoms with Crippen LogP contribution in [0.3, 0.4) is 0 Å². The van der Waals surface area contributed by atoms with Gasteiger partial charge in [0.1, 0.15) is 0 Å². The molecule has 0 spiro atoms. The Morgan fingerprint density at radius 1 is 1.15 bits per heavy atom. The van der Waals surface area contributed by atoms with Crippen LogP contribution in [0, 0.1) is 0 Å². The molecule has 1 N–H and O–H groups in total. The average Bonchev–Trinajstić information content (AvgIpc) is 2.45. The Hall–Kier alpha value is -1.03. The predicted molar refractivity (Wildman–Crippen MR) is 90.4 cm³/mol. The zero-order chi connectivity index (χ0) is 15.2. The van der Waals surface area contributed by atoms with Crippen molar-refractivity contribution in [1.29, 1.82) is 0 Å². The Morgan fingerprint density at radius 3 is 2.50 bits per heavy atom. The molecule has 0 aromatic carbocycles. The number of allylic oxidation sites excluding steroid dienone is 1. The second-order valence-electron chi connectivity index (χ2n) is 5.19. The number of rotatable bonds is 11. The number of likely N-dealkylation sites (N-methyl/N-ethyl adjacent to an activating group) is 1. The molecule has 0 radical (unpaired) electrons. The van der Waals surface area contributed by atoms with Crippen LogP contribution in [0.1, 0.15) is 39.5 Å². The van der Waals surface area contributed by atoms with Crippen molar-refractivity contribution in [3.8, 4) is 0 Å². The van der Waals surface area contributed by atoms with E-state index < -0.39 is 0 Å². The summed E-state index contributed by atoms with van der Waals surface area (Å²) in [7, 11) is 4.25. The quantitative estimate of drug-likeness (QED) is 0.273. The fourth-order valence-electron chi connectivity index (χ4n) is 1.87. The summed E-state index contributed by atoms with van der Waals surface area (Å²) in [4.78, 5) is 9.21.